The predicted molar refractivity (Wildman–Crippen MR) is 78.7 cm³/mol. The van der Waals surface area contributed by atoms with Gasteiger partial charge in [-0.25, -0.2) is 4.79 Å². The number of hydrogen-bond donors (Lipinski definition) is 3. The van der Waals surface area contributed by atoms with Crippen molar-refractivity contribution < 1.29 is 24.5 Å². The molecule has 2 rings (SSSR count). The molecular weight excluding hydrogens is 377 g/mol. The van der Waals surface area contributed by atoms with E-state index in [0.717, 1.165) is 0 Å². The van der Waals surface area contributed by atoms with Crippen LogP contribution in [0.2, 0.25) is 0 Å². The molecule has 20 heavy (non-hydrogen) atoms. The van der Waals surface area contributed by atoms with Gasteiger partial charge in [-0.15, -0.1) is 0 Å². The minimum atomic E-state index is -0.971. The average molecular weight is 391 g/mol. The van der Waals surface area contributed by atoms with Crippen LogP contribution in [0.5, 0.6) is 5.75 Å². The van der Waals surface area contributed by atoms with E-state index in [2.05, 4.69) is 5.32 Å². The lowest BCUT2D eigenvalue weighted by atomic mass is 10.1. The summed E-state index contributed by atoms with van der Waals surface area (Å²) in [6, 6.07) is 4.66. The van der Waals surface area contributed by atoms with Crippen LogP contribution in [-0.2, 0) is 9.53 Å². The molecule has 108 valence electrons. The Kier molecular flexibility index (Phi) is 4.81. The summed E-state index contributed by atoms with van der Waals surface area (Å²) in [6.45, 7) is 0.259. The van der Waals surface area contributed by atoms with Crippen molar-refractivity contribution in [2.75, 3.05) is 6.54 Å². The second-order valence-electron chi connectivity index (χ2n) is 4.54. The Hall–Kier alpha value is -1.35. The maximum Gasteiger partial charge on any atom is 0.332 e. The highest BCUT2D eigenvalue weighted by Crippen LogP contribution is 2.21. The van der Waals surface area contributed by atoms with E-state index in [9.17, 15) is 14.7 Å². The van der Waals surface area contributed by atoms with Crippen molar-refractivity contribution in [3.05, 3.63) is 27.3 Å². The van der Waals surface area contributed by atoms with Gasteiger partial charge in [-0.2, -0.15) is 0 Å². The largest absolute Gasteiger partial charge is 0.507 e. The molecule has 2 atom stereocenters. The highest BCUT2D eigenvalue weighted by Gasteiger charge is 2.30. The fourth-order valence-corrected chi connectivity index (χ4v) is 2.34. The Bertz CT molecular complexity index is 533. The molecule has 0 aliphatic carbocycles. The van der Waals surface area contributed by atoms with E-state index < -0.39 is 12.1 Å². The summed E-state index contributed by atoms with van der Waals surface area (Å²) in [5.74, 6) is -1.23. The Labute approximate surface area is 129 Å². The van der Waals surface area contributed by atoms with E-state index in [1.54, 1.807) is 12.1 Å². The van der Waals surface area contributed by atoms with Crippen LogP contribution in [0.3, 0.4) is 0 Å². The number of phenolic OH excluding ortho intramolecular Hbond substituents is 1. The molecule has 0 radical (unpaired) electrons. The minimum absolute atomic E-state index is 0.0568. The lowest BCUT2D eigenvalue weighted by Gasteiger charge is -2.12. The number of rotatable bonds is 4. The number of halogens is 1. The van der Waals surface area contributed by atoms with Gasteiger partial charge in [-0.05, 0) is 53.6 Å². The second-order valence-corrected chi connectivity index (χ2v) is 5.70. The first kappa shape index (κ1) is 15.0. The molecule has 0 saturated carbocycles. The Morgan fingerprint density at radius 1 is 1.40 bits per heavy atom. The summed E-state index contributed by atoms with van der Waals surface area (Å²) in [5.41, 5.74) is 0.357. The van der Waals surface area contributed by atoms with E-state index in [0.29, 0.717) is 22.0 Å². The molecular formula is C13H14INO5. The number of carbonyl (C=O) groups is 2. The van der Waals surface area contributed by atoms with Crippen LogP contribution in [0.4, 0.5) is 0 Å². The van der Waals surface area contributed by atoms with Gasteiger partial charge in [0.2, 0.25) is 0 Å². The van der Waals surface area contributed by atoms with Crippen molar-refractivity contribution in [2.45, 2.75) is 25.0 Å². The van der Waals surface area contributed by atoms with Gasteiger partial charge in [-0.3, -0.25) is 4.79 Å². The van der Waals surface area contributed by atoms with E-state index in [1.807, 2.05) is 22.6 Å². The van der Waals surface area contributed by atoms with Crippen molar-refractivity contribution in [3.63, 3.8) is 0 Å². The van der Waals surface area contributed by atoms with Gasteiger partial charge in [-0.1, -0.05) is 0 Å². The molecule has 1 amide bonds. The van der Waals surface area contributed by atoms with Crippen LogP contribution in [0.1, 0.15) is 23.2 Å². The molecule has 6 nitrogen and oxygen atoms in total. The van der Waals surface area contributed by atoms with E-state index >= 15 is 0 Å². The van der Waals surface area contributed by atoms with Gasteiger partial charge in [0, 0.05) is 12.1 Å². The monoisotopic (exact) mass is 391 g/mol. The molecule has 1 saturated heterocycles. The highest BCUT2D eigenvalue weighted by molar-refractivity contribution is 14.1. The topological polar surface area (TPSA) is 95.9 Å². The first-order valence-corrected chi connectivity index (χ1v) is 7.20. The number of carboxylic acid groups (broad SMARTS) is 1. The quantitative estimate of drug-likeness (QED) is 0.674. The molecule has 0 aromatic heterocycles. The Balaban J connectivity index is 1.86. The van der Waals surface area contributed by atoms with E-state index in [-0.39, 0.29) is 24.3 Å². The molecule has 7 heteroatoms. The molecule has 1 aliphatic rings. The molecule has 0 spiro atoms. The summed E-state index contributed by atoms with van der Waals surface area (Å²) in [5, 5.41) is 21.0. The molecule has 3 N–H and O–H groups in total. The summed E-state index contributed by atoms with van der Waals surface area (Å²) in [7, 11) is 0. The van der Waals surface area contributed by atoms with Gasteiger partial charge in [0.25, 0.3) is 5.91 Å². The minimum Gasteiger partial charge on any atom is -0.507 e. The molecule has 0 bridgehead atoms. The van der Waals surface area contributed by atoms with Crippen molar-refractivity contribution >= 4 is 34.5 Å². The maximum absolute atomic E-state index is 11.9. The summed E-state index contributed by atoms with van der Waals surface area (Å²) >= 11 is 1.97. The third kappa shape index (κ3) is 3.60. The molecule has 1 heterocycles. The van der Waals surface area contributed by atoms with Crippen LogP contribution in [0.15, 0.2) is 18.2 Å². The highest BCUT2D eigenvalue weighted by atomic mass is 127. The van der Waals surface area contributed by atoms with Gasteiger partial charge in [0.15, 0.2) is 6.10 Å². The number of carbonyl (C=O) groups excluding carboxylic acids is 1. The zero-order chi connectivity index (χ0) is 14.7. The number of nitrogens with one attached hydrogen (secondary N) is 1. The number of ether oxygens (including phenoxy) is 1. The molecule has 1 aromatic rings. The third-order valence-corrected chi connectivity index (χ3v) is 3.99. The van der Waals surface area contributed by atoms with Gasteiger partial charge < -0.3 is 20.3 Å². The first-order valence-electron chi connectivity index (χ1n) is 6.12. The van der Waals surface area contributed by atoms with Crippen molar-refractivity contribution in [2.24, 2.45) is 0 Å². The number of benzene rings is 1. The van der Waals surface area contributed by atoms with Crippen molar-refractivity contribution in [1.29, 1.82) is 0 Å². The number of hydrogen-bond acceptors (Lipinski definition) is 4. The lowest BCUT2D eigenvalue weighted by Crippen LogP contribution is -2.33. The normalized spacial score (nSPS) is 21.6. The first-order chi connectivity index (χ1) is 9.47. The van der Waals surface area contributed by atoms with Crippen molar-refractivity contribution in [3.8, 4) is 5.75 Å². The lowest BCUT2D eigenvalue weighted by molar-refractivity contribution is -0.149. The molecule has 2 unspecified atom stereocenters. The third-order valence-electron chi connectivity index (χ3n) is 3.08. The van der Waals surface area contributed by atoms with Crippen LogP contribution >= 0.6 is 22.6 Å². The average Bonchev–Trinajstić information content (AvgIpc) is 2.88. The van der Waals surface area contributed by atoms with Gasteiger partial charge in [0.1, 0.15) is 5.75 Å². The number of amides is 1. The predicted octanol–water partition coefficient (Wildman–Crippen LogP) is 1.36. The Morgan fingerprint density at radius 2 is 2.15 bits per heavy atom. The maximum atomic E-state index is 11.9. The SMILES string of the molecule is O=C(NCC1CCC(C(=O)O)O1)c1ccc(I)c(O)c1. The molecule has 1 aliphatic heterocycles. The number of carboxylic acids is 1. The van der Waals surface area contributed by atoms with Gasteiger partial charge in [0.05, 0.1) is 9.67 Å². The fraction of sp³-hybridized carbons (Fsp3) is 0.385. The number of phenols is 1. The summed E-state index contributed by atoms with van der Waals surface area (Å²) in [6.07, 6.45) is 0.00629. The summed E-state index contributed by atoms with van der Waals surface area (Å²) < 4.78 is 5.96. The summed E-state index contributed by atoms with van der Waals surface area (Å²) in [4.78, 5) is 22.6. The van der Waals surface area contributed by atoms with Crippen LogP contribution in [-0.4, -0.2) is 40.8 Å². The van der Waals surface area contributed by atoms with E-state index in [1.165, 1.54) is 6.07 Å². The fourth-order valence-electron chi connectivity index (χ4n) is 2.00. The van der Waals surface area contributed by atoms with Gasteiger partial charge >= 0.3 is 5.97 Å². The Morgan fingerprint density at radius 3 is 2.75 bits per heavy atom. The zero-order valence-corrected chi connectivity index (χ0v) is 12.7. The van der Waals surface area contributed by atoms with Crippen LogP contribution in [0, 0.1) is 3.57 Å². The molecule has 1 aromatic carbocycles. The molecule has 1 fully saturated rings. The smallest absolute Gasteiger partial charge is 0.332 e. The van der Waals surface area contributed by atoms with Crippen molar-refractivity contribution in [1.82, 2.24) is 5.32 Å². The number of aliphatic carboxylic acids is 1. The van der Waals surface area contributed by atoms with Crippen LogP contribution in [0.25, 0.3) is 0 Å². The number of aromatic hydroxyl groups is 1. The van der Waals surface area contributed by atoms with E-state index in [4.69, 9.17) is 9.84 Å². The second kappa shape index (κ2) is 6.40. The van der Waals surface area contributed by atoms with Crippen LogP contribution < -0.4 is 5.32 Å². The standard InChI is InChI=1S/C13H14INO5/c14-9-3-1-7(5-10(9)16)12(17)15-6-8-2-4-11(20-8)13(18)19/h1,3,5,8,11,16H,2,4,6H2,(H,15,17)(H,18,19). The zero-order valence-electron chi connectivity index (χ0n) is 10.5.